The van der Waals surface area contributed by atoms with E-state index in [0.717, 1.165) is 0 Å². The summed E-state index contributed by atoms with van der Waals surface area (Å²) in [5.41, 5.74) is 2.20. The molecule has 0 bridgehead atoms. The van der Waals surface area contributed by atoms with Gasteiger partial charge in [0, 0.05) is 0 Å². The van der Waals surface area contributed by atoms with Gasteiger partial charge in [-0.05, 0) is 0 Å². The summed E-state index contributed by atoms with van der Waals surface area (Å²) in [5, 5.41) is 0. The number of hydrogen-bond donors (Lipinski definition) is 0. The van der Waals surface area contributed by atoms with Crippen LogP contribution in [0.1, 0.15) is 0 Å². The van der Waals surface area contributed by atoms with Crippen molar-refractivity contribution < 1.29 is 19.8 Å². The number of allylic oxidation sites excluding steroid dienone is 1. The Hall–Kier alpha value is 0.645. The molecular weight excluding hydrogens is 160 g/mol. The Morgan fingerprint density at radius 3 is 2.40 bits per heavy atom. The van der Waals surface area contributed by atoms with Crippen LogP contribution in [-0.4, -0.2) is 10.2 Å². The molecule has 5 heavy (non-hydrogen) atoms. The molecule has 0 fully saturated rings. The first-order valence-corrected chi connectivity index (χ1v) is 4.18. The molecule has 0 saturated carbocycles. The molecule has 0 spiro atoms. The first-order valence-electron chi connectivity index (χ1n) is 1.61. The standard InChI is InChI=1S/C3H7Si.Mo/c1-2-3-4;/h2-3H,1H2,4H3;. The van der Waals surface area contributed by atoms with Crippen molar-refractivity contribution in [3.8, 4) is 0 Å². The van der Waals surface area contributed by atoms with Crippen LogP contribution in [0.2, 0.25) is 4.81 Å². The molecule has 0 nitrogen and oxygen atoms in total. The molecule has 0 aromatic heterocycles. The van der Waals surface area contributed by atoms with Gasteiger partial charge in [0.1, 0.15) is 0 Å². The van der Waals surface area contributed by atoms with Crippen molar-refractivity contribution in [1.82, 2.24) is 0 Å². The second-order valence-electron chi connectivity index (χ2n) is 0.736. The second kappa shape index (κ2) is 4.65. The fourth-order valence-corrected chi connectivity index (χ4v) is 1.71. The Balaban J connectivity index is 2.62. The SMILES string of the molecule is [SiH3]C=C[CH2][Mo]. The zero-order chi connectivity index (χ0) is 4.12. The van der Waals surface area contributed by atoms with Gasteiger partial charge in [-0.2, -0.15) is 0 Å². The molecule has 0 saturated heterocycles. The topological polar surface area (TPSA) is 0 Å². The van der Waals surface area contributed by atoms with Crippen LogP contribution in [0.25, 0.3) is 0 Å². The summed E-state index contributed by atoms with van der Waals surface area (Å²) in [4.78, 5) is 1.21. The van der Waals surface area contributed by atoms with Crippen LogP contribution in [0.5, 0.6) is 0 Å². The molecule has 0 aliphatic heterocycles. The van der Waals surface area contributed by atoms with E-state index in [2.05, 4.69) is 31.6 Å². The molecule has 0 amide bonds. The Morgan fingerprint density at radius 1 is 1.80 bits per heavy atom. The molecular formula is C3H7MoSi. The number of rotatable bonds is 1. The minimum absolute atomic E-state index is 1.21. The van der Waals surface area contributed by atoms with E-state index in [9.17, 15) is 0 Å². The first kappa shape index (κ1) is 5.65. The molecule has 0 radical (unpaired) electrons. The molecule has 0 N–H and O–H groups in total. The normalized spacial score (nSPS) is 10.4. The van der Waals surface area contributed by atoms with Crippen molar-refractivity contribution in [2.45, 2.75) is 4.81 Å². The van der Waals surface area contributed by atoms with Gasteiger partial charge in [-0.1, -0.05) is 0 Å². The summed E-state index contributed by atoms with van der Waals surface area (Å²) in [7, 11) is 1.22. The molecule has 2 heteroatoms. The van der Waals surface area contributed by atoms with Crippen molar-refractivity contribution in [2.24, 2.45) is 0 Å². The summed E-state index contributed by atoms with van der Waals surface area (Å²) in [6.07, 6.45) is 2.19. The monoisotopic (exact) mass is 169 g/mol. The van der Waals surface area contributed by atoms with Gasteiger partial charge in [-0.15, -0.1) is 0 Å². The van der Waals surface area contributed by atoms with E-state index in [-0.39, 0.29) is 0 Å². The van der Waals surface area contributed by atoms with Gasteiger partial charge in [0.15, 0.2) is 0 Å². The average molecular weight is 167 g/mol. The van der Waals surface area contributed by atoms with Crippen molar-refractivity contribution in [3.05, 3.63) is 11.8 Å². The van der Waals surface area contributed by atoms with Gasteiger partial charge < -0.3 is 0 Å². The summed E-state index contributed by atoms with van der Waals surface area (Å²) in [6.45, 7) is 0. The Kier molecular flexibility index (Phi) is 5.24. The second-order valence-corrected chi connectivity index (χ2v) is 2.22. The summed E-state index contributed by atoms with van der Waals surface area (Å²) in [5.74, 6) is 0. The van der Waals surface area contributed by atoms with E-state index in [1.807, 2.05) is 0 Å². The summed E-state index contributed by atoms with van der Waals surface area (Å²) >= 11 is 2.09. The van der Waals surface area contributed by atoms with E-state index in [4.69, 9.17) is 0 Å². The molecule has 0 aromatic carbocycles. The van der Waals surface area contributed by atoms with Crippen LogP contribution in [0.4, 0.5) is 0 Å². The van der Waals surface area contributed by atoms with Crippen molar-refractivity contribution in [3.63, 3.8) is 0 Å². The van der Waals surface area contributed by atoms with Crippen molar-refractivity contribution in [1.29, 1.82) is 0 Å². The van der Waals surface area contributed by atoms with Gasteiger partial charge in [0.2, 0.25) is 0 Å². The zero-order valence-corrected chi connectivity index (χ0v) is 7.28. The average Bonchev–Trinajstić information content (AvgIpc) is 1.41. The fraction of sp³-hybridized carbons (Fsp3) is 0.333. The van der Waals surface area contributed by atoms with Crippen LogP contribution in [0.15, 0.2) is 11.8 Å². The van der Waals surface area contributed by atoms with Gasteiger partial charge in [-0.25, -0.2) is 0 Å². The van der Waals surface area contributed by atoms with Crippen LogP contribution in [0, 0.1) is 0 Å². The summed E-state index contributed by atoms with van der Waals surface area (Å²) in [6, 6.07) is 0. The maximum absolute atomic E-state index is 2.20. The molecule has 0 aromatic rings. The molecule has 0 aliphatic carbocycles. The third-order valence-electron chi connectivity index (χ3n) is 0.332. The van der Waals surface area contributed by atoms with Gasteiger partial charge in [0.05, 0.1) is 0 Å². The molecule has 0 atom stereocenters. The third-order valence-corrected chi connectivity index (χ3v) is 1.28. The maximum atomic E-state index is 2.20. The van der Waals surface area contributed by atoms with E-state index in [1.54, 1.807) is 0 Å². The predicted octanol–water partition coefficient (Wildman–Crippen LogP) is -0.169. The van der Waals surface area contributed by atoms with E-state index in [1.165, 1.54) is 15.1 Å². The van der Waals surface area contributed by atoms with E-state index < -0.39 is 0 Å². The van der Waals surface area contributed by atoms with Gasteiger partial charge in [0.25, 0.3) is 0 Å². The van der Waals surface area contributed by atoms with Crippen molar-refractivity contribution in [2.75, 3.05) is 0 Å². The van der Waals surface area contributed by atoms with Crippen LogP contribution >= 0.6 is 0 Å². The quantitative estimate of drug-likeness (QED) is 0.476. The Bertz CT molecular complexity index is 33.9. The van der Waals surface area contributed by atoms with Crippen LogP contribution < -0.4 is 0 Å². The first-order chi connectivity index (χ1) is 2.41. The molecule has 0 heterocycles. The predicted molar refractivity (Wildman–Crippen MR) is 23.9 cm³/mol. The summed E-state index contributed by atoms with van der Waals surface area (Å²) < 4.78 is 0. The van der Waals surface area contributed by atoms with Crippen molar-refractivity contribution >= 4 is 10.2 Å². The fourth-order valence-electron chi connectivity index (χ4n) is 0.0962. The van der Waals surface area contributed by atoms with Gasteiger partial charge >= 0.3 is 46.6 Å². The van der Waals surface area contributed by atoms with E-state index in [0.29, 0.717) is 0 Å². The van der Waals surface area contributed by atoms with E-state index >= 15 is 0 Å². The van der Waals surface area contributed by atoms with Gasteiger partial charge in [-0.3, -0.25) is 0 Å². The molecule has 0 rings (SSSR count). The third kappa shape index (κ3) is 4.65. The minimum atomic E-state index is 1.21. The zero-order valence-electron chi connectivity index (χ0n) is 3.27. The number of hydrogen-bond acceptors (Lipinski definition) is 0. The Labute approximate surface area is 47.0 Å². The molecule has 29 valence electrons. The molecule has 0 unspecified atom stereocenters. The Morgan fingerprint density at radius 2 is 2.40 bits per heavy atom. The molecule has 0 aliphatic rings. The van der Waals surface area contributed by atoms with Crippen LogP contribution in [0.3, 0.4) is 0 Å². The van der Waals surface area contributed by atoms with Crippen LogP contribution in [-0.2, 0) is 19.8 Å².